The molecular weight excluding hydrogens is 523 g/mol. The molecule has 1 aliphatic heterocycles. The van der Waals surface area contributed by atoms with Crippen molar-refractivity contribution >= 4 is 39.0 Å². The lowest BCUT2D eigenvalue weighted by atomic mass is 10.2. The van der Waals surface area contributed by atoms with Crippen LogP contribution >= 0.6 is 15.9 Å². The van der Waals surface area contributed by atoms with Gasteiger partial charge in [0.05, 0.1) is 39.4 Å². The molecule has 4 rings (SSSR count). The van der Waals surface area contributed by atoms with Crippen molar-refractivity contribution in [2.24, 2.45) is 5.84 Å². The molecule has 0 aliphatic carbocycles. The zero-order chi connectivity index (χ0) is 25.5. The second-order valence-electron chi connectivity index (χ2n) is 9.37. The van der Waals surface area contributed by atoms with Gasteiger partial charge in [-0.3, -0.25) is 24.3 Å². The molecule has 0 spiro atoms. The molecule has 10 nitrogen and oxygen atoms in total. The fourth-order valence-electron chi connectivity index (χ4n) is 4.12. The summed E-state index contributed by atoms with van der Waals surface area (Å²) < 4.78 is 23.2. The predicted molar refractivity (Wildman–Crippen MR) is 130 cm³/mol. The standard InChI is InChI=1S/C23H26BrFN6O4/c1-23(2,3)35-22(34)29-7-6-15(12-29)31-19-8-16(24)17(25)9-18(19)30(21(31)33)11-14-5-4-13(10-27-14)20(32)28-26/h4-5,8-10,15H,6-7,11-12,26H2,1-3H3,(H,28,32)/t15-/m0/s1. The van der Waals surface area contributed by atoms with Crippen molar-refractivity contribution in [1.29, 1.82) is 0 Å². The number of benzene rings is 1. The summed E-state index contributed by atoms with van der Waals surface area (Å²) in [4.78, 5) is 43.6. The Morgan fingerprint density at radius 1 is 1.29 bits per heavy atom. The van der Waals surface area contributed by atoms with Crippen LogP contribution in [0.1, 0.15) is 49.3 Å². The second-order valence-corrected chi connectivity index (χ2v) is 10.2. The van der Waals surface area contributed by atoms with E-state index in [4.69, 9.17) is 10.6 Å². The smallest absolute Gasteiger partial charge is 0.410 e. The summed E-state index contributed by atoms with van der Waals surface area (Å²) in [5.41, 5.74) is 2.78. The van der Waals surface area contributed by atoms with Crippen LogP contribution in [0.2, 0.25) is 0 Å². The number of nitrogens with zero attached hydrogens (tertiary/aromatic N) is 4. The maximum Gasteiger partial charge on any atom is 0.410 e. The van der Waals surface area contributed by atoms with Crippen molar-refractivity contribution in [3.05, 3.63) is 62.5 Å². The number of hydrogen-bond donors (Lipinski definition) is 2. The van der Waals surface area contributed by atoms with E-state index in [1.807, 2.05) is 5.43 Å². The molecule has 1 fully saturated rings. The zero-order valence-electron chi connectivity index (χ0n) is 19.5. The highest BCUT2D eigenvalue weighted by molar-refractivity contribution is 9.10. The lowest BCUT2D eigenvalue weighted by Gasteiger charge is -2.24. The van der Waals surface area contributed by atoms with Gasteiger partial charge in [-0.15, -0.1) is 0 Å². The van der Waals surface area contributed by atoms with Gasteiger partial charge in [0.1, 0.15) is 11.4 Å². The van der Waals surface area contributed by atoms with Crippen LogP contribution in [-0.2, 0) is 11.3 Å². The van der Waals surface area contributed by atoms with Crippen molar-refractivity contribution in [1.82, 2.24) is 24.4 Å². The Balaban J connectivity index is 1.70. The third-order valence-corrected chi connectivity index (χ3v) is 6.33. The maximum absolute atomic E-state index is 14.5. The number of aromatic nitrogens is 3. The van der Waals surface area contributed by atoms with E-state index in [1.54, 1.807) is 48.4 Å². The molecule has 2 amide bonds. The van der Waals surface area contributed by atoms with Crippen molar-refractivity contribution in [2.45, 2.75) is 45.4 Å². The van der Waals surface area contributed by atoms with Crippen LogP contribution in [0.3, 0.4) is 0 Å². The van der Waals surface area contributed by atoms with Crippen LogP contribution in [0.15, 0.2) is 39.7 Å². The van der Waals surface area contributed by atoms with Crippen LogP contribution in [-0.4, -0.2) is 49.7 Å². The first-order valence-corrected chi connectivity index (χ1v) is 11.8. The van der Waals surface area contributed by atoms with Crippen LogP contribution in [0.5, 0.6) is 0 Å². The minimum atomic E-state index is -0.627. The first kappa shape index (κ1) is 24.9. The van der Waals surface area contributed by atoms with Crippen molar-refractivity contribution < 1.29 is 18.7 Å². The summed E-state index contributed by atoms with van der Waals surface area (Å²) in [5, 5.41) is 0. The van der Waals surface area contributed by atoms with E-state index in [9.17, 15) is 18.8 Å². The van der Waals surface area contributed by atoms with Gasteiger partial charge in [0.25, 0.3) is 5.91 Å². The highest BCUT2D eigenvalue weighted by atomic mass is 79.9. The fourth-order valence-corrected chi connectivity index (χ4v) is 4.45. The average molecular weight is 549 g/mol. The largest absolute Gasteiger partial charge is 0.444 e. The number of nitrogen functional groups attached to an aromatic ring is 1. The lowest BCUT2D eigenvalue weighted by molar-refractivity contribution is 0.0289. The molecule has 0 radical (unpaired) electrons. The third kappa shape index (κ3) is 5.08. The van der Waals surface area contributed by atoms with E-state index in [-0.39, 0.29) is 28.3 Å². The van der Waals surface area contributed by atoms with E-state index >= 15 is 0 Å². The molecule has 12 heteroatoms. The first-order chi connectivity index (χ1) is 16.5. The molecule has 3 aromatic rings. The van der Waals surface area contributed by atoms with Crippen LogP contribution in [0.4, 0.5) is 9.18 Å². The molecule has 0 unspecified atom stereocenters. The normalized spacial score (nSPS) is 16.1. The highest BCUT2D eigenvalue weighted by Gasteiger charge is 2.33. The van der Waals surface area contributed by atoms with Crippen LogP contribution in [0, 0.1) is 5.82 Å². The summed E-state index contributed by atoms with van der Waals surface area (Å²) in [7, 11) is 0. The molecule has 0 bridgehead atoms. The number of hydrogen-bond acceptors (Lipinski definition) is 6. The predicted octanol–water partition coefficient (Wildman–Crippen LogP) is 2.93. The molecule has 0 saturated carbocycles. The number of nitrogens with one attached hydrogen (secondary N) is 1. The molecule has 1 saturated heterocycles. The number of ether oxygens (including phenoxy) is 1. The Labute approximate surface area is 208 Å². The molecule has 1 atom stereocenters. The van der Waals surface area contributed by atoms with Crippen LogP contribution < -0.4 is 17.0 Å². The Morgan fingerprint density at radius 2 is 2.03 bits per heavy atom. The number of rotatable bonds is 4. The molecule has 1 aromatic carbocycles. The summed E-state index contributed by atoms with van der Waals surface area (Å²) in [5.74, 6) is 4.16. The number of carbonyl (C=O) groups is 2. The Morgan fingerprint density at radius 3 is 2.66 bits per heavy atom. The van der Waals surface area contributed by atoms with Gasteiger partial charge in [-0.1, -0.05) is 0 Å². The van der Waals surface area contributed by atoms with Crippen molar-refractivity contribution in [3.8, 4) is 0 Å². The van der Waals surface area contributed by atoms with Gasteiger partial charge in [-0.05, 0) is 61.3 Å². The van der Waals surface area contributed by atoms with Gasteiger partial charge >= 0.3 is 11.8 Å². The van der Waals surface area contributed by atoms with Gasteiger partial charge in [0.15, 0.2) is 0 Å². The zero-order valence-corrected chi connectivity index (χ0v) is 21.1. The minimum Gasteiger partial charge on any atom is -0.444 e. The Bertz CT molecular complexity index is 1350. The number of nitrogens with two attached hydrogens (primary N) is 1. The number of likely N-dealkylation sites (tertiary alicyclic amines) is 1. The lowest BCUT2D eigenvalue weighted by Crippen LogP contribution is -2.36. The topological polar surface area (TPSA) is 124 Å². The van der Waals surface area contributed by atoms with Gasteiger partial charge in [0, 0.05) is 25.4 Å². The summed E-state index contributed by atoms with van der Waals surface area (Å²) in [6.07, 6.45) is 1.47. The number of pyridine rings is 1. The van der Waals surface area contributed by atoms with Gasteiger partial charge < -0.3 is 9.64 Å². The second kappa shape index (κ2) is 9.42. The average Bonchev–Trinajstić information content (AvgIpc) is 3.37. The number of imidazole rings is 1. The molecule has 35 heavy (non-hydrogen) atoms. The van der Waals surface area contributed by atoms with E-state index in [2.05, 4.69) is 20.9 Å². The Hall–Kier alpha value is -3.25. The fraction of sp³-hybridized carbons (Fsp3) is 0.391. The maximum atomic E-state index is 14.5. The molecule has 3 heterocycles. The van der Waals surface area contributed by atoms with E-state index in [0.717, 1.165) is 0 Å². The van der Waals surface area contributed by atoms with E-state index < -0.39 is 23.4 Å². The van der Waals surface area contributed by atoms with E-state index in [0.29, 0.717) is 36.2 Å². The molecule has 186 valence electrons. The number of halogens is 2. The SMILES string of the molecule is CC(C)(C)OC(=O)N1CC[C@H](n2c(=O)n(Cc3ccc(C(=O)NN)cn3)c3cc(F)c(Br)cc32)C1. The highest BCUT2D eigenvalue weighted by Crippen LogP contribution is 2.29. The third-order valence-electron chi connectivity index (χ3n) is 5.72. The first-order valence-electron chi connectivity index (χ1n) is 11.0. The number of carbonyl (C=O) groups excluding carboxylic acids is 2. The summed E-state index contributed by atoms with van der Waals surface area (Å²) in [6, 6.07) is 5.71. The Kier molecular flexibility index (Phi) is 6.69. The molecular formula is C23H26BrFN6O4. The van der Waals surface area contributed by atoms with Crippen molar-refractivity contribution in [3.63, 3.8) is 0 Å². The van der Waals surface area contributed by atoms with Gasteiger partial charge in [-0.2, -0.15) is 0 Å². The molecule has 2 aromatic heterocycles. The number of fused-ring (bicyclic) bond motifs is 1. The molecule has 3 N–H and O–H groups in total. The van der Waals surface area contributed by atoms with Crippen molar-refractivity contribution in [2.75, 3.05) is 13.1 Å². The number of amides is 2. The summed E-state index contributed by atoms with van der Waals surface area (Å²) in [6.45, 7) is 6.19. The van der Waals surface area contributed by atoms with Gasteiger partial charge in [0.2, 0.25) is 0 Å². The molecule has 1 aliphatic rings. The van der Waals surface area contributed by atoms with Gasteiger partial charge in [-0.25, -0.2) is 19.8 Å². The van der Waals surface area contributed by atoms with E-state index in [1.165, 1.54) is 16.8 Å². The van der Waals surface area contributed by atoms with Crippen LogP contribution in [0.25, 0.3) is 11.0 Å². The summed E-state index contributed by atoms with van der Waals surface area (Å²) >= 11 is 3.21. The monoisotopic (exact) mass is 548 g/mol. The quantitative estimate of drug-likeness (QED) is 0.293. The minimum absolute atomic E-state index is 0.0659. The number of hydrazine groups is 1.